The van der Waals surface area contributed by atoms with E-state index in [1.165, 1.54) is 30.0 Å². The van der Waals surface area contributed by atoms with Crippen molar-refractivity contribution in [1.29, 1.82) is 0 Å². The second-order valence-corrected chi connectivity index (χ2v) is 8.22. The molecule has 3 rings (SSSR count). The topological polar surface area (TPSA) is 88.9 Å². The number of hydrogen-bond acceptors (Lipinski definition) is 5. The normalized spacial score (nSPS) is 11.7. The molecule has 0 aliphatic rings. The van der Waals surface area contributed by atoms with Crippen LogP contribution in [0.5, 0.6) is 0 Å². The smallest absolute Gasteiger partial charge is 0.253 e. The Morgan fingerprint density at radius 1 is 1.20 bits per heavy atom. The highest BCUT2D eigenvalue weighted by atomic mass is 79.9. The Balaban J connectivity index is 1.59. The van der Waals surface area contributed by atoms with E-state index in [0.29, 0.717) is 26.7 Å². The fourth-order valence-electron chi connectivity index (χ4n) is 2.71. The van der Waals surface area contributed by atoms with Crippen molar-refractivity contribution in [2.24, 2.45) is 7.05 Å². The van der Waals surface area contributed by atoms with Crippen molar-refractivity contribution in [3.63, 3.8) is 0 Å². The SMILES string of the molecule is C[C@@H](NC(=O)c1ccccc1Br)c1nnc(SCC(=O)Nc2cccc(F)c2)n1C. The number of anilines is 1. The Bertz CT molecular complexity index is 1070. The zero-order valence-electron chi connectivity index (χ0n) is 16.2. The van der Waals surface area contributed by atoms with Crippen LogP contribution in [0.4, 0.5) is 10.1 Å². The first kappa shape index (κ1) is 22.0. The predicted molar refractivity (Wildman–Crippen MR) is 117 cm³/mol. The fourth-order valence-corrected chi connectivity index (χ4v) is 3.89. The first-order valence-electron chi connectivity index (χ1n) is 8.98. The molecule has 2 N–H and O–H groups in total. The second-order valence-electron chi connectivity index (χ2n) is 6.42. The molecule has 30 heavy (non-hydrogen) atoms. The minimum atomic E-state index is -0.419. The van der Waals surface area contributed by atoms with E-state index >= 15 is 0 Å². The van der Waals surface area contributed by atoms with E-state index in [4.69, 9.17) is 0 Å². The minimum absolute atomic E-state index is 0.0835. The highest BCUT2D eigenvalue weighted by Gasteiger charge is 2.20. The van der Waals surface area contributed by atoms with Crippen LogP contribution < -0.4 is 10.6 Å². The molecule has 2 aromatic carbocycles. The summed E-state index contributed by atoms with van der Waals surface area (Å²) in [5.74, 6) is -0.298. The van der Waals surface area contributed by atoms with Gasteiger partial charge >= 0.3 is 0 Å². The molecule has 3 aromatic rings. The number of carbonyl (C=O) groups is 2. The summed E-state index contributed by atoms with van der Waals surface area (Å²) in [6.45, 7) is 1.81. The standard InChI is InChI=1S/C20H19BrFN5O2S/c1-12(23-19(29)15-8-3-4-9-16(15)21)18-25-26-20(27(18)2)30-11-17(28)24-14-7-5-6-13(22)10-14/h3-10,12H,11H2,1-2H3,(H,23,29)(H,24,28)/t12-/m1/s1. The average molecular weight is 492 g/mol. The van der Waals surface area contributed by atoms with Crippen LogP contribution in [-0.2, 0) is 11.8 Å². The lowest BCUT2D eigenvalue weighted by Crippen LogP contribution is -2.28. The van der Waals surface area contributed by atoms with Gasteiger partial charge in [0, 0.05) is 17.2 Å². The van der Waals surface area contributed by atoms with Crippen molar-refractivity contribution in [2.75, 3.05) is 11.1 Å². The summed E-state index contributed by atoms with van der Waals surface area (Å²) >= 11 is 4.57. The fraction of sp³-hybridized carbons (Fsp3) is 0.200. The Kier molecular flexibility index (Phi) is 7.22. The zero-order valence-corrected chi connectivity index (χ0v) is 18.6. The molecule has 0 saturated heterocycles. The number of aromatic nitrogens is 3. The number of benzene rings is 2. The largest absolute Gasteiger partial charge is 0.342 e. The third-order valence-electron chi connectivity index (χ3n) is 4.16. The van der Waals surface area contributed by atoms with Crippen molar-refractivity contribution in [2.45, 2.75) is 18.1 Å². The maximum Gasteiger partial charge on any atom is 0.253 e. The van der Waals surface area contributed by atoms with Gasteiger partial charge in [-0.15, -0.1) is 10.2 Å². The van der Waals surface area contributed by atoms with Crippen molar-refractivity contribution in [3.8, 4) is 0 Å². The van der Waals surface area contributed by atoms with E-state index in [2.05, 4.69) is 36.8 Å². The van der Waals surface area contributed by atoms with E-state index in [1.54, 1.807) is 35.9 Å². The summed E-state index contributed by atoms with van der Waals surface area (Å²) in [5.41, 5.74) is 0.915. The first-order chi connectivity index (χ1) is 14.3. The number of rotatable bonds is 7. The van der Waals surface area contributed by atoms with Gasteiger partial charge in [-0.2, -0.15) is 0 Å². The summed E-state index contributed by atoms with van der Waals surface area (Å²) in [4.78, 5) is 24.6. The maximum atomic E-state index is 13.2. The minimum Gasteiger partial charge on any atom is -0.342 e. The lowest BCUT2D eigenvalue weighted by atomic mass is 10.2. The van der Waals surface area contributed by atoms with Crippen molar-refractivity contribution in [1.82, 2.24) is 20.1 Å². The second kappa shape index (κ2) is 9.86. The Hall–Kier alpha value is -2.72. The van der Waals surface area contributed by atoms with E-state index in [9.17, 15) is 14.0 Å². The molecule has 2 amide bonds. The highest BCUT2D eigenvalue weighted by Crippen LogP contribution is 2.21. The molecule has 0 aliphatic heterocycles. The number of carbonyl (C=O) groups excluding carboxylic acids is 2. The van der Waals surface area contributed by atoms with Crippen LogP contribution in [0.2, 0.25) is 0 Å². The number of halogens is 2. The third kappa shape index (κ3) is 5.45. The van der Waals surface area contributed by atoms with Gasteiger partial charge in [0.05, 0.1) is 17.4 Å². The van der Waals surface area contributed by atoms with Crippen LogP contribution in [0.15, 0.2) is 58.2 Å². The summed E-state index contributed by atoms with van der Waals surface area (Å²) in [6, 6.07) is 12.4. The van der Waals surface area contributed by atoms with Crippen LogP contribution >= 0.6 is 27.7 Å². The zero-order chi connectivity index (χ0) is 21.7. The van der Waals surface area contributed by atoms with E-state index < -0.39 is 11.9 Å². The third-order valence-corrected chi connectivity index (χ3v) is 5.87. The van der Waals surface area contributed by atoms with Gasteiger partial charge in [0.15, 0.2) is 11.0 Å². The molecule has 0 bridgehead atoms. The molecule has 156 valence electrons. The summed E-state index contributed by atoms with van der Waals surface area (Å²) in [7, 11) is 1.77. The van der Waals surface area contributed by atoms with Crippen LogP contribution in [-0.4, -0.2) is 32.3 Å². The number of nitrogens with zero attached hydrogens (tertiary/aromatic N) is 3. The summed E-state index contributed by atoms with van der Waals surface area (Å²) in [6.07, 6.45) is 0. The maximum absolute atomic E-state index is 13.2. The van der Waals surface area contributed by atoms with Crippen molar-refractivity contribution < 1.29 is 14.0 Å². The molecule has 0 aliphatic carbocycles. The average Bonchev–Trinajstić information content (AvgIpc) is 3.07. The van der Waals surface area contributed by atoms with Gasteiger partial charge in [0.2, 0.25) is 5.91 Å². The summed E-state index contributed by atoms with van der Waals surface area (Å²) < 4.78 is 15.6. The number of amides is 2. The Morgan fingerprint density at radius 2 is 1.97 bits per heavy atom. The van der Waals surface area contributed by atoms with Crippen LogP contribution in [0, 0.1) is 5.82 Å². The summed E-state index contributed by atoms with van der Waals surface area (Å²) in [5, 5.41) is 14.3. The van der Waals surface area contributed by atoms with Crippen LogP contribution in [0.1, 0.15) is 29.1 Å². The number of nitrogens with one attached hydrogen (secondary N) is 2. The van der Waals surface area contributed by atoms with Crippen LogP contribution in [0.3, 0.4) is 0 Å². The van der Waals surface area contributed by atoms with Gasteiger partial charge in [0.25, 0.3) is 5.91 Å². The Labute approximate surface area is 185 Å². The molecule has 1 heterocycles. The molecule has 0 radical (unpaired) electrons. The van der Waals surface area contributed by atoms with E-state index in [-0.39, 0.29) is 17.6 Å². The lowest BCUT2D eigenvalue weighted by molar-refractivity contribution is -0.113. The molecular formula is C20H19BrFN5O2S. The predicted octanol–water partition coefficient (Wildman–Crippen LogP) is 3.94. The van der Waals surface area contributed by atoms with Crippen LogP contribution in [0.25, 0.3) is 0 Å². The van der Waals surface area contributed by atoms with Gasteiger partial charge < -0.3 is 15.2 Å². The lowest BCUT2D eigenvalue weighted by Gasteiger charge is -2.14. The number of thioether (sulfide) groups is 1. The number of hydrogen-bond donors (Lipinski definition) is 2. The van der Waals surface area contributed by atoms with E-state index in [0.717, 1.165) is 0 Å². The van der Waals surface area contributed by atoms with Gasteiger partial charge in [-0.05, 0) is 53.2 Å². The molecule has 0 saturated carbocycles. The quantitative estimate of drug-likeness (QED) is 0.488. The van der Waals surface area contributed by atoms with Gasteiger partial charge in [-0.3, -0.25) is 9.59 Å². The molecule has 1 aromatic heterocycles. The molecule has 10 heteroatoms. The first-order valence-corrected chi connectivity index (χ1v) is 10.8. The molecule has 7 nitrogen and oxygen atoms in total. The monoisotopic (exact) mass is 491 g/mol. The molecule has 1 atom stereocenters. The van der Waals surface area contributed by atoms with Gasteiger partial charge in [-0.25, -0.2) is 4.39 Å². The Morgan fingerprint density at radius 3 is 2.70 bits per heavy atom. The van der Waals surface area contributed by atoms with Crippen molar-refractivity contribution in [3.05, 3.63) is 70.2 Å². The molecule has 0 spiro atoms. The molecule has 0 fully saturated rings. The van der Waals surface area contributed by atoms with Gasteiger partial charge in [0.1, 0.15) is 5.82 Å². The van der Waals surface area contributed by atoms with Crippen molar-refractivity contribution >= 4 is 45.2 Å². The van der Waals surface area contributed by atoms with E-state index in [1.807, 2.05) is 13.0 Å². The molecule has 0 unspecified atom stereocenters. The van der Waals surface area contributed by atoms with Gasteiger partial charge in [-0.1, -0.05) is 30.0 Å². The highest BCUT2D eigenvalue weighted by molar-refractivity contribution is 9.10. The molecular weight excluding hydrogens is 473 g/mol.